The molecule has 0 saturated carbocycles. The molecule has 120 valence electrons. The van der Waals surface area contributed by atoms with Crippen LogP contribution in [-0.4, -0.2) is 52.8 Å². The Morgan fingerprint density at radius 1 is 1.22 bits per heavy atom. The topological polar surface area (TPSA) is 71.8 Å². The number of hydrogen-bond acceptors (Lipinski definition) is 5. The van der Waals surface area contributed by atoms with E-state index in [0.717, 1.165) is 50.7 Å². The van der Waals surface area contributed by atoms with Crippen molar-refractivity contribution >= 4 is 5.82 Å². The molecule has 6 heteroatoms. The van der Waals surface area contributed by atoms with Crippen LogP contribution >= 0.6 is 0 Å². The Labute approximate surface area is 136 Å². The lowest BCUT2D eigenvalue weighted by Gasteiger charge is -2.35. The van der Waals surface area contributed by atoms with Crippen molar-refractivity contribution in [2.24, 2.45) is 0 Å². The summed E-state index contributed by atoms with van der Waals surface area (Å²) in [5, 5.41) is 16.2. The molecule has 0 spiro atoms. The van der Waals surface area contributed by atoms with Gasteiger partial charge in [0.2, 0.25) is 0 Å². The van der Waals surface area contributed by atoms with E-state index < -0.39 is 0 Å². The largest absolute Gasteiger partial charge is 0.354 e. The standard InChI is InChI=1S/C17H22N6/c1-13-16(14(2)21-20-13)5-6-22-7-9-23(10-8-22)17-4-3-15(11-18)12-19-17/h3-4,12H,5-10H2,1-2H3,(H,20,21). The smallest absolute Gasteiger partial charge is 0.128 e. The Balaban J connectivity index is 1.51. The number of piperazine rings is 1. The first-order chi connectivity index (χ1) is 11.2. The van der Waals surface area contributed by atoms with E-state index in [0.29, 0.717) is 5.56 Å². The molecule has 1 saturated heterocycles. The van der Waals surface area contributed by atoms with E-state index in [1.54, 1.807) is 6.20 Å². The molecule has 6 nitrogen and oxygen atoms in total. The molecule has 0 unspecified atom stereocenters. The van der Waals surface area contributed by atoms with Gasteiger partial charge in [-0.25, -0.2) is 4.98 Å². The van der Waals surface area contributed by atoms with Gasteiger partial charge in [0.25, 0.3) is 0 Å². The Kier molecular flexibility index (Phi) is 4.58. The lowest BCUT2D eigenvalue weighted by atomic mass is 10.1. The number of anilines is 1. The summed E-state index contributed by atoms with van der Waals surface area (Å²) >= 11 is 0. The second kappa shape index (κ2) is 6.80. The van der Waals surface area contributed by atoms with Crippen molar-refractivity contribution in [3.05, 3.63) is 40.8 Å². The summed E-state index contributed by atoms with van der Waals surface area (Å²) in [6.45, 7) is 9.24. The van der Waals surface area contributed by atoms with Gasteiger partial charge in [-0.05, 0) is 38.0 Å². The maximum absolute atomic E-state index is 8.83. The molecule has 0 amide bonds. The van der Waals surface area contributed by atoms with Crippen LogP contribution in [0.25, 0.3) is 0 Å². The average Bonchev–Trinajstić information content (AvgIpc) is 2.92. The maximum Gasteiger partial charge on any atom is 0.128 e. The van der Waals surface area contributed by atoms with E-state index in [9.17, 15) is 0 Å². The van der Waals surface area contributed by atoms with Crippen LogP contribution in [-0.2, 0) is 6.42 Å². The first-order valence-electron chi connectivity index (χ1n) is 8.01. The number of aromatic amines is 1. The van der Waals surface area contributed by atoms with Crippen molar-refractivity contribution in [3.8, 4) is 6.07 Å². The normalized spacial score (nSPS) is 15.6. The number of H-pyrrole nitrogens is 1. The summed E-state index contributed by atoms with van der Waals surface area (Å²) in [5.41, 5.74) is 4.25. The highest BCUT2D eigenvalue weighted by atomic mass is 15.3. The molecule has 0 aliphatic carbocycles. The van der Waals surface area contributed by atoms with Gasteiger partial charge in [0.1, 0.15) is 11.9 Å². The highest BCUT2D eigenvalue weighted by Crippen LogP contribution is 2.15. The van der Waals surface area contributed by atoms with Crippen LogP contribution in [0.3, 0.4) is 0 Å². The summed E-state index contributed by atoms with van der Waals surface area (Å²) in [5.74, 6) is 0.963. The number of aryl methyl sites for hydroxylation is 2. The van der Waals surface area contributed by atoms with Crippen molar-refractivity contribution in [1.29, 1.82) is 5.26 Å². The van der Waals surface area contributed by atoms with E-state index in [4.69, 9.17) is 5.26 Å². The molecule has 1 aliphatic rings. The molecule has 2 aromatic rings. The zero-order valence-electron chi connectivity index (χ0n) is 13.7. The highest BCUT2D eigenvalue weighted by Gasteiger charge is 2.18. The molecule has 23 heavy (non-hydrogen) atoms. The minimum atomic E-state index is 0.609. The number of hydrogen-bond donors (Lipinski definition) is 1. The van der Waals surface area contributed by atoms with Crippen LogP contribution in [0, 0.1) is 25.2 Å². The summed E-state index contributed by atoms with van der Waals surface area (Å²) in [6, 6.07) is 5.88. The summed E-state index contributed by atoms with van der Waals surface area (Å²) in [4.78, 5) is 9.16. The molecule has 1 aliphatic heterocycles. The number of nitrogens with one attached hydrogen (secondary N) is 1. The monoisotopic (exact) mass is 310 g/mol. The van der Waals surface area contributed by atoms with Gasteiger partial charge in [-0.2, -0.15) is 10.4 Å². The van der Waals surface area contributed by atoms with Crippen LogP contribution in [0.1, 0.15) is 22.5 Å². The first kappa shape index (κ1) is 15.5. The van der Waals surface area contributed by atoms with Gasteiger partial charge >= 0.3 is 0 Å². The van der Waals surface area contributed by atoms with Crippen LogP contribution in [0.15, 0.2) is 18.3 Å². The van der Waals surface area contributed by atoms with E-state index in [-0.39, 0.29) is 0 Å². The van der Waals surface area contributed by atoms with Gasteiger partial charge in [-0.15, -0.1) is 0 Å². The number of aromatic nitrogens is 3. The number of nitriles is 1. The van der Waals surface area contributed by atoms with Crippen molar-refractivity contribution < 1.29 is 0 Å². The summed E-state index contributed by atoms with van der Waals surface area (Å²) < 4.78 is 0. The zero-order chi connectivity index (χ0) is 16.2. The Morgan fingerprint density at radius 3 is 2.57 bits per heavy atom. The number of nitrogens with zero attached hydrogens (tertiary/aromatic N) is 5. The van der Waals surface area contributed by atoms with Crippen molar-refractivity contribution in [2.45, 2.75) is 20.3 Å². The van der Waals surface area contributed by atoms with Crippen LogP contribution in [0.5, 0.6) is 0 Å². The second-order valence-electron chi connectivity index (χ2n) is 6.01. The van der Waals surface area contributed by atoms with E-state index >= 15 is 0 Å². The van der Waals surface area contributed by atoms with E-state index in [2.05, 4.69) is 44.9 Å². The quantitative estimate of drug-likeness (QED) is 0.930. The van der Waals surface area contributed by atoms with Gasteiger partial charge < -0.3 is 4.90 Å². The second-order valence-corrected chi connectivity index (χ2v) is 6.01. The summed E-state index contributed by atoms with van der Waals surface area (Å²) in [6.07, 6.45) is 2.69. The fourth-order valence-electron chi connectivity index (χ4n) is 3.05. The Morgan fingerprint density at radius 2 is 2.00 bits per heavy atom. The zero-order valence-corrected chi connectivity index (χ0v) is 13.7. The Bertz CT molecular complexity index is 669. The highest BCUT2D eigenvalue weighted by molar-refractivity contribution is 5.42. The molecule has 3 heterocycles. The molecule has 1 N–H and O–H groups in total. The van der Waals surface area contributed by atoms with Crippen molar-refractivity contribution in [1.82, 2.24) is 20.1 Å². The summed E-state index contributed by atoms with van der Waals surface area (Å²) in [7, 11) is 0. The molecular weight excluding hydrogens is 288 g/mol. The fraction of sp³-hybridized carbons (Fsp3) is 0.471. The lowest BCUT2D eigenvalue weighted by molar-refractivity contribution is 0.260. The predicted octanol–water partition coefficient (Wildman–Crippen LogP) is 1.66. The molecule has 0 aromatic carbocycles. The van der Waals surface area contributed by atoms with Crippen molar-refractivity contribution in [3.63, 3.8) is 0 Å². The van der Waals surface area contributed by atoms with Crippen LogP contribution < -0.4 is 4.90 Å². The molecule has 0 atom stereocenters. The predicted molar refractivity (Wildman–Crippen MR) is 89.4 cm³/mol. The SMILES string of the molecule is Cc1n[nH]c(C)c1CCN1CCN(c2ccc(C#N)cn2)CC1. The fourth-order valence-corrected chi connectivity index (χ4v) is 3.05. The van der Waals surface area contributed by atoms with Gasteiger partial charge in [-0.1, -0.05) is 0 Å². The minimum absolute atomic E-state index is 0.609. The lowest BCUT2D eigenvalue weighted by Crippen LogP contribution is -2.47. The molecule has 0 radical (unpaired) electrons. The van der Waals surface area contributed by atoms with Crippen molar-refractivity contribution in [2.75, 3.05) is 37.6 Å². The van der Waals surface area contributed by atoms with Crippen LogP contribution in [0.2, 0.25) is 0 Å². The molecule has 2 aromatic heterocycles. The molecular formula is C17H22N6. The first-order valence-corrected chi connectivity index (χ1v) is 8.01. The minimum Gasteiger partial charge on any atom is -0.354 e. The third-order valence-corrected chi connectivity index (χ3v) is 4.53. The van der Waals surface area contributed by atoms with Gasteiger partial charge in [0, 0.05) is 44.6 Å². The number of pyridine rings is 1. The molecule has 0 bridgehead atoms. The van der Waals surface area contributed by atoms with E-state index in [1.165, 1.54) is 11.3 Å². The molecule has 1 fully saturated rings. The van der Waals surface area contributed by atoms with Crippen LogP contribution in [0.4, 0.5) is 5.82 Å². The van der Waals surface area contributed by atoms with Gasteiger partial charge in [-0.3, -0.25) is 10.00 Å². The van der Waals surface area contributed by atoms with Gasteiger partial charge in [0.05, 0.1) is 11.3 Å². The Hall–Kier alpha value is -2.39. The third-order valence-electron chi connectivity index (χ3n) is 4.53. The average molecular weight is 310 g/mol. The maximum atomic E-state index is 8.83. The molecule has 3 rings (SSSR count). The van der Waals surface area contributed by atoms with Gasteiger partial charge in [0.15, 0.2) is 0 Å². The van der Waals surface area contributed by atoms with E-state index in [1.807, 2.05) is 12.1 Å². The number of rotatable bonds is 4. The third kappa shape index (κ3) is 3.51.